The van der Waals surface area contributed by atoms with Gasteiger partial charge >= 0.3 is 0 Å². The molecule has 0 radical (unpaired) electrons. The molecule has 35 heavy (non-hydrogen) atoms. The minimum absolute atomic E-state index is 0.798. The number of anilines is 3. The van der Waals surface area contributed by atoms with Crippen LogP contribution in [0.2, 0.25) is 0 Å². The van der Waals surface area contributed by atoms with Crippen LogP contribution in [0.3, 0.4) is 0 Å². The van der Waals surface area contributed by atoms with Crippen LogP contribution >= 0.6 is 0 Å². The molecule has 2 aromatic heterocycles. The molecule has 0 bridgehead atoms. The van der Waals surface area contributed by atoms with Crippen molar-refractivity contribution in [2.75, 3.05) is 4.90 Å². The largest absolute Gasteiger partial charge is 0.453 e. The van der Waals surface area contributed by atoms with Crippen LogP contribution in [-0.4, -0.2) is 14.8 Å². The van der Waals surface area contributed by atoms with Gasteiger partial charge < -0.3 is 9.64 Å². The maximum Gasteiger partial charge on any atom is 0.151 e. The molecule has 0 N–H and O–H groups in total. The lowest BCUT2D eigenvalue weighted by molar-refractivity contribution is 0.477. The molecular formula is C30H20N4O. The molecule has 3 heterocycles. The Morgan fingerprint density at radius 2 is 1.49 bits per heavy atom. The Kier molecular flexibility index (Phi) is 4.39. The van der Waals surface area contributed by atoms with E-state index in [9.17, 15) is 0 Å². The van der Waals surface area contributed by atoms with E-state index in [0.717, 1.165) is 56.4 Å². The van der Waals surface area contributed by atoms with E-state index in [4.69, 9.17) is 4.74 Å². The zero-order valence-electron chi connectivity index (χ0n) is 18.7. The van der Waals surface area contributed by atoms with Crippen LogP contribution in [0.5, 0.6) is 11.5 Å². The monoisotopic (exact) mass is 452 g/mol. The van der Waals surface area contributed by atoms with Gasteiger partial charge in [-0.05, 0) is 60.7 Å². The van der Waals surface area contributed by atoms with E-state index in [1.54, 1.807) is 0 Å². The predicted octanol–water partition coefficient (Wildman–Crippen LogP) is 7.66. The number of fused-ring (bicyclic) bond motifs is 3. The van der Waals surface area contributed by atoms with Crippen LogP contribution in [0, 0.1) is 0 Å². The molecule has 5 heteroatoms. The maximum atomic E-state index is 6.32. The lowest BCUT2D eigenvalue weighted by Crippen LogP contribution is -2.16. The highest BCUT2D eigenvalue weighted by molar-refractivity contribution is 5.89. The van der Waals surface area contributed by atoms with Gasteiger partial charge in [0.1, 0.15) is 0 Å². The van der Waals surface area contributed by atoms with Gasteiger partial charge in [0, 0.05) is 22.8 Å². The van der Waals surface area contributed by atoms with Gasteiger partial charge in [0.2, 0.25) is 0 Å². The predicted molar refractivity (Wildman–Crippen MR) is 139 cm³/mol. The van der Waals surface area contributed by atoms with E-state index < -0.39 is 0 Å². The molecule has 1 aliphatic heterocycles. The zero-order valence-corrected chi connectivity index (χ0v) is 18.7. The summed E-state index contributed by atoms with van der Waals surface area (Å²) in [5, 5.41) is 5.76. The summed E-state index contributed by atoms with van der Waals surface area (Å²) in [7, 11) is 0. The first kappa shape index (κ1) is 19.6. The van der Waals surface area contributed by atoms with E-state index in [1.807, 2.05) is 71.7 Å². The summed E-state index contributed by atoms with van der Waals surface area (Å²) < 4.78 is 8.29. The fourth-order valence-electron chi connectivity index (χ4n) is 4.67. The van der Waals surface area contributed by atoms with Gasteiger partial charge in [-0.1, -0.05) is 48.5 Å². The van der Waals surface area contributed by atoms with E-state index in [1.165, 1.54) is 0 Å². The molecule has 7 rings (SSSR count). The maximum absolute atomic E-state index is 6.32. The molecule has 5 nitrogen and oxygen atoms in total. The number of ether oxygens (including phenoxy) is 1. The molecule has 0 aliphatic carbocycles. The SMILES string of the molecule is c1ccc(-c2cccc(N3c4ccccc4Oc4ccc(-n5ncc6ccccc65)cc43)c2)nc1. The fraction of sp³-hybridized carbons (Fsp3) is 0. The highest BCUT2D eigenvalue weighted by Gasteiger charge is 2.26. The van der Waals surface area contributed by atoms with Crippen LogP contribution < -0.4 is 9.64 Å². The van der Waals surface area contributed by atoms with E-state index in [0.29, 0.717) is 0 Å². The van der Waals surface area contributed by atoms with Crippen LogP contribution in [0.1, 0.15) is 0 Å². The Balaban J connectivity index is 1.42. The standard InChI is InChI=1S/C30H20N4O/c1-2-12-26-22(8-1)20-32-34(26)24-15-16-30-28(19-24)33(27-13-3-4-14-29(27)35-30)23-10-7-9-21(18-23)25-11-5-6-17-31-25/h1-20H. The third-order valence-electron chi connectivity index (χ3n) is 6.30. The van der Waals surface area contributed by atoms with Crippen molar-refractivity contribution >= 4 is 28.0 Å². The Morgan fingerprint density at radius 3 is 2.43 bits per heavy atom. The number of hydrogen-bond donors (Lipinski definition) is 0. The lowest BCUT2D eigenvalue weighted by Gasteiger charge is -2.33. The van der Waals surface area contributed by atoms with Gasteiger partial charge in [-0.2, -0.15) is 5.10 Å². The number of rotatable bonds is 3. The van der Waals surface area contributed by atoms with Crippen molar-refractivity contribution in [1.82, 2.24) is 14.8 Å². The first-order chi connectivity index (χ1) is 17.3. The van der Waals surface area contributed by atoms with Gasteiger partial charge in [0.15, 0.2) is 11.5 Å². The normalized spacial score (nSPS) is 12.2. The minimum Gasteiger partial charge on any atom is -0.453 e. The van der Waals surface area contributed by atoms with Gasteiger partial charge in [-0.3, -0.25) is 4.98 Å². The van der Waals surface area contributed by atoms with Gasteiger partial charge in [-0.25, -0.2) is 4.68 Å². The number of pyridine rings is 1. The quantitative estimate of drug-likeness (QED) is 0.276. The number of para-hydroxylation sites is 3. The minimum atomic E-state index is 0.798. The third-order valence-corrected chi connectivity index (χ3v) is 6.30. The summed E-state index contributed by atoms with van der Waals surface area (Å²) in [5.74, 6) is 1.62. The average Bonchev–Trinajstić information content (AvgIpc) is 3.36. The molecular weight excluding hydrogens is 432 g/mol. The van der Waals surface area contributed by atoms with E-state index in [2.05, 4.69) is 69.6 Å². The van der Waals surface area contributed by atoms with Crippen molar-refractivity contribution in [2.45, 2.75) is 0 Å². The van der Waals surface area contributed by atoms with Gasteiger partial charge in [0.25, 0.3) is 0 Å². The molecule has 6 aromatic rings. The van der Waals surface area contributed by atoms with Gasteiger partial charge in [-0.15, -0.1) is 0 Å². The lowest BCUT2D eigenvalue weighted by atomic mass is 10.1. The molecule has 1 aliphatic rings. The Labute approximate surface area is 202 Å². The van der Waals surface area contributed by atoms with Crippen molar-refractivity contribution < 1.29 is 4.74 Å². The van der Waals surface area contributed by atoms with Gasteiger partial charge in [0.05, 0.1) is 34.5 Å². The summed E-state index contributed by atoms with van der Waals surface area (Å²) in [4.78, 5) is 6.79. The fourth-order valence-corrected chi connectivity index (χ4v) is 4.67. The second kappa shape index (κ2) is 7.85. The van der Waals surface area contributed by atoms with E-state index >= 15 is 0 Å². The molecule has 166 valence electrons. The number of benzene rings is 4. The third kappa shape index (κ3) is 3.25. The molecule has 0 amide bonds. The first-order valence-electron chi connectivity index (χ1n) is 11.5. The Morgan fingerprint density at radius 1 is 0.629 bits per heavy atom. The van der Waals surface area contributed by atoms with Crippen LogP contribution in [-0.2, 0) is 0 Å². The molecule has 0 saturated heterocycles. The van der Waals surface area contributed by atoms with Crippen molar-refractivity contribution in [3.8, 4) is 28.4 Å². The smallest absolute Gasteiger partial charge is 0.151 e. The summed E-state index contributed by atoms with van der Waals surface area (Å²) in [6.45, 7) is 0. The zero-order chi connectivity index (χ0) is 23.2. The molecule has 0 fully saturated rings. The molecule has 0 saturated carbocycles. The molecule has 0 atom stereocenters. The molecule has 4 aromatic carbocycles. The number of nitrogens with zero attached hydrogens (tertiary/aromatic N) is 4. The number of hydrogen-bond acceptors (Lipinski definition) is 4. The van der Waals surface area contributed by atoms with Crippen LogP contribution in [0.15, 0.2) is 122 Å². The molecule has 0 spiro atoms. The summed E-state index contributed by atoms with van der Waals surface area (Å²) in [6, 6.07) is 37.0. The summed E-state index contributed by atoms with van der Waals surface area (Å²) >= 11 is 0. The van der Waals surface area contributed by atoms with Crippen molar-refractivity contribution in [2.24, 2.45) is 0 Å². The average molecular weight is 453 g/mol. The van der Waals surface area contributed by atoms with Crippen LogP contribution in [0.4, 0.5) is 17.1 Å². The topological polar surface area (TPSA) is 43.2 Å². The highest BCUT2D eigenvalue weighted by atomic mass is 16.5. The number of aromatic nitrogens is 3. The second-order valence-corrected chi connectivity index (χ2v) is 8.44. The van der Waals surface area contributed by atoms with Crippen molar-refractivity contribution in [1.29, 1.82) is 0 Å². The Bertz CT molecular complexity index is 1690. The second-order valence-electron chi connectivity index (χ2n) is 8.44. The van der Waals surface area contributed by atoms with Crippen molar-refractivity contribution in [3.63, 3.8) is 0 Å². The molecule has 0 unspecified atom stereocenters. The summed E-state index contributed by atoms with van der Waals surface area (Å²) in [5.41, 5.74) is 7.01. The van der Waals surface area contributed by atoms with E-state index in [-0.39, 0.29) is 0 Å². The Hall–Kier alpha value is -4.90. The van der Waals surface area contributed by atoms with Crippen molar-refractivity contribution in [3.05, 3.63) is 122 Å². The first-order valence-corrected chi connectivity index (χ1v) is 11.5. The highest BCUT2D eigenvalue weighted by Crippen LogP contribution is 2.51. The van der Waals surface area contributed by atoms with Crippen LogP contribution in [0.25, 0.3) is 27.8 Å². The summed E-state index contributed by atoms with van der Waals surface area (Å²) in [6.07, 6.45) is 3.72.